The Kier molecular flexibility index (Phi) is 6.05. The van der Waals surface area contributed by atoms with E-state index in [2.05, 4.69) is 11.6 Å². The van der Waals surface area contributed by atoms with Gasteiger partial charge in [0.05, 0.1) is 16.3 Å². The highest BCUT2D eigenvalue weighted by molar-refractivity contribution is 8.00. The Morgan fingerprint density at radius 2 is 1.82 bits per heavy atom. The van der Waals surface area contributed by atoms with E-state index in [1.807, 2.05) is 32.0 Å². The Morgan fingerprint density at radius 1 is 1.18 bits per heavy atom. The molecule has 0 saturated heterocycles. The van der Waals surface area contributed by atoms with Gasteiger partial charge < -0.3 is 4.90 Å². The second-order valence-corrected chi connectivity index (χ2v) is 10.1. The zero-order valence-electron chi connectivity index (χ0n) is 16.7. The van der Waals surface area contributed by atoms with Crippen molar-refractivity contribution in [3.8, 4) is 0 Å². The van der Waals surface area contributed by atoms with Gasteiger partial charge in [0, 0.05) is 23.6 Å². The highest BCUT2D eigenvalue weighted by atomic mass is 32.2. The zero-order valence-corrected chi connectivity index (χ0v) is 18.3. The highest BCUT2D eigenvalue weighted by Gasteiger charge is 2.27. The number of para-hydroxylation sites is 1. The molecule has 1 unspecified atom stereocenters. The molecule has 3 rings (SSSR count). The molecule has 0 aromatic heterocycles. The van der Waals surface area contributed by atoms with Crippen LogP contribution in [0.4, 0.5) is 11.4 Å². The molecule has 0 saturated carbocycles. The van der Waals surface area contributed by atoms with Crippen molar-refractivity contribution < 1.29 is 13.2 Å². The van der Waals surface area contributed by atoms with Crippen molar-refractivity contribution in [3.63, 3.8) is 0 Å². The predicted octanol–water partition coefficient (Wildman–Crippen LogP) is 4.46. The Morgan fingerprint density at radius 3 is 2.39 bits per heavy atom. The molecule has 1 heterocycles. The van der Waals surface area contributed by atoms with Crippen molar-refractivity contribution in [2.75, 3.05) is 16.2 Å². The third-order valence-corrected chi connectivity index (χ3v) is 7.41. The fourth-order valence-electron chi connectivity index (χ4n) is 3.45. The Bertz CT molecular complexity index is 980. The summed E-state index contributed by atoms with van der Waals surface area (Å²) < 4.78 is 29.1. The van der Waals surface area contributed by atoms with E-state index in [1.54, 1.807) is 34.9 Å². The molecule has 1 aliphatic rings. The van der Waals surface area contributed by atoms with E-state index in [4.69, 9.17) is 0 Å². The summed E-state index contributed by atoms with van der Waals surface area (Å²) >= 11 is 1.66. The normalized spacial score (nSPS) is 16.6. The molecule has 150 valence electrons. The number of anilines is 2. The summed E-state index contributed by atoms with van der Waals surface area (Å²) in [6.45, 7) is 8.16. The van der Waals surface area contributed by atoms with E-state index in [1.165, 1.54) is 6.92 Å². The fraction of sp³-hybridized carbons (Fsp3) is 0.381. The van der Waals surface area contributed by atoms with Gasteiger partial charge in [-0.2, -0.15) is 0 Å². The maximum atomic E-state index is 13.1. The quantitative estimate of drug-likeness (QED) is 0.779. The molecule has 1 aliphatic heterocycles. The monoisotopic (exact) mass is 418 g/mol. The number of hydrogen-bond acceptors (Lipinski definition) is 4. The van der Waals surface area contributed by atoms with Gasteiger partial charge in [-0.15, -0.1) is 11.8 Å². The van der Waals surface area contributed by atoms with Gasteiger partial charge in [-0.25, -0.2) is 8.42 Å². The lowest BCUT2D eigenvalue weighted by Crippen LogP contribution is -2.37. The van der Waals surface area contributed by atoms with Crippen LogP contribution in [0.1, 0.15) is 38.8 Å². The molecule has 1 amide bonds. The SMILES string of the molecule is CCc1cccc(CC)c1NS(=O)(=O)c1ccc2c(c1)N(C(C)=O)CC(C)S2. The molecular weight excluding hydrogens is 392 g/mol. The summed E-state index contributed by atoms with van der Waals surface area (Å²) in [5.41, 5.74) is 3.26. The van der Waals surface area contributed by atoms with E-state index in [0.29, 0.717) is 17.9 Å². The second-order valence-electron chi connectivity index (χ2n) is 6.95. The first kappa shape index (κ1) is 20.7. The van der Waals surface area contributed by atoms with Gasteiger partial charge in [0.15, 0.2) is 0 Å². The van der Waals surface area contributed by atoms with Gasteiger partial charge in [-0.05, 0) is 42.2 Å². The van der Waals surface area contributed by atoms with Gasteiger partial charge >= 0.3 is 0 Å². The Hall–Kier alpha value is -1.99. The fourth-order valence-corrected chi connectivity index (χ4v) is 5.71. The van der Waals surface area contributed by atoms with Crippen molar-refractivity contribution in [1.82, 2.24) is 0 Å². The molecule has 1 N–H and O–H groups in total. The number of carbonyl (C=O) groups is 1. The molecule has 28 heavy (non-hydrogen) atoms. The number of carbonyl (C=O) groups excluding carboxylic acids is 1. The number of fused-ring (bicyclic) bond motifs is 1. The average Bonchev–Trinajstić information content (AvgIpc) is 2.66. The Balaban J connectivity index is 2.03. The first-order valence-corrected chi connectivity index (χ1v) is 11.9. The van der Waals surface area contributed by atoms with Crippen molar-refractivity contribution in [2.45, 2.75) is 55.6 Å². The summed E-state index contributed by atoms with van der Waals surface area (Å²) in [4.78, 5) is 14.8. The van der Waals surface area contributed by atoms with Crippen LogP contribution in [-0.4, -0.2) is 26.1 Å². The number of thioether (sulfide) groups is 1. The van der Waals surface area contributed by atoms with Crippen LogP contribution in [0.3, 0.4) is 0 Å². The molecule has 0 bridgehead atoms. The first-order chi connectivity index (χ1) is 13.3. The van der Waals surface area contributed by atoms with Crippen LogP contribution in [0.2, 0.25) is 0 Å². The number of rotatable bonds is 5. The maximum Gasteiger partial charge on any atom is 0.261 e. The van der Waals surface area contributed by atoms with Gasteiger partial charge in [0.1, 0.15) is 0 Å². The summed E-state index contributed by atoms with van der Waals surface area (Å²) in [6, 6.07) is 10.9. The minimum atomic E-state index is -3.77. The van der Waals surface area contributed by atoms with Crippen LogP contribution in [0.5, 0.6) is 0 Å². The van der Waals surface area contributed by atoms with Crippen molar-refractivity contribution in [2.24, 2.45) is 0 Å². The number of nitrogens with one attached hydrogen (secondary N) is 1. The van der Waals surface area contributed by atoms with Crippen LogP contribution in [-0.2, 0) is 27.7 Å². The van der Waals surface area contributed by atoms with Crippen molar-refractivity contribution >= 4 is 39.1 Å². The molecule has 0 fully saturated rings. The summed E-state index contributed by atoms with van der Waals surface area (Å²) in [6.07, 6.45) is 1.48. The lowest BCUT2D eigenvalue weighted by atomic mass is 10.0. The highest BCUT2D eigenvalue weighted by Crippen LogP contribution is 2.40. The molecule has 1 atom stereocenters. The number of nitrogens with zero attached hydrogens (tertiary/aromatic N) is 1. The molecule has 2 aromatic carbocycles. The van der Waals surface area contributed by atoms with Gasteiger partial charge in [-0.3, -0.25) is 9.52 Å². The molecule has 0 aliphatic carbocycles. The molecule has 0 radical (unpaired) electrons. The van der Waals surface area contributed by atoms with Crippen LogP contribution < -0.4 is 9.62 Å². The minimum Gasteiger partial charge on any atom is -0.310 e. The van der Waals surface area contributed by atoms with E-state index in [0.717, 1.165) is 28.9 Å². The molecule has 7 heteroatoms. The lowest BCUT2D eigenvalue weighted by molar-refractivity contribution is -0.116. The van der Waals surface area contributed by atoms with E-state index >= 15 is 0 Å². The van der Waals surface area contributed by atoms with Gasteiger partial charge in [0.2, 0.25) is 5.91 Å². The van der Waals surface area contributed by atoms with Gasteiger partial charge in [0.25, 0.3) is 10.0 Å². The summed E-state index contributed by atoms with van der Waals surface area (Å²) in [5.74, 6) is -0.0829. The molecule has 2 aromatic rings. The maximum absolute atomic E-state index is 13.1. The predicted molar refractivity (Wildman–Crippen MR) is 116 cm³/mol. The number of aryl methyl sites for hydroxylation is 2. The standard InChI is InChI=1S/C21H26N2O3S2/c1-5-16-8-7-9-17(6-2)21(16)22-28(25,26)18-10-11-20-19(12-18)23(15(4)24)13-14(3)27-20/h7-12,14,22H,5-6,13H2,1-4H3. The van der Waals surface area contributed by atoms with Crippen LogP contribution >= 0.6 is 11.8 Å². The number of hydrogen-bond donors (Lipinski definition) is 1. The molecular formula is C21H26N2O3S2. The van der Waals surface area contributed by atoms with Crippen LogP contribution in [0, 0.1) is 0 Å². The third-order valence-electron chi connectivity index (χ3n) is 4.91. The minimum absolute atomic E-state index is 0.0829. The second kappa shape index (κ2) is 8.17. The largest absolute Gasteiger partial charge is 0.310 e. The Labute approximate surface area is 171 Å². The average molecular weight is 419 g/mol. The summed E-state index contributed by atoms with van der Waals surface area (Å²) in [5, 5.41) is 0.264. The third kappa shape index (κ3) is 4.05. The molecule has 5 nitrogen and oxygen atoms in total. The number of amides is 1. The molecule has 0 spiro atoms. The van der Waals surface area contributed by atoms with Crippen molar-refractivity contribution in [3.05, 3.63) is 47.5 Å². The topological polar surface area (TPSA) is 66.5 Å². The van der Waals surface area contributed by atoms with Crippen LogP contribution in [0.25, 0.3) is 0 Å². The lowest BCUT2D eigenvalue weighted by Gasteiger charge is -2.32. The number of sulfonamides is 1. The van der Waals surface area contributed by atoms with E-state index in [-0.39, 0.29) is 16.1 Å². The zero-order chi connectivity index (χ0) is 20.5. The van der Waals surface area contributed by atoms with Gasteiger partial charge in [-0.1, -0.05) is 39.0 Å². The smallest absolute Gasteiger partial charge is 0.261 e. The first-order valence-electron chi connectivity index (χ1n) is 9.49. The summed E-state index contributed by atoms with van der Waals surface area (Å²) in [7, 11) is -3.77. The van der Waals surface area contributed by atoms with E-state index < -0.39 is 10.0 Å². The van der Waals surface area contributed by atoms with Crippen molar-refractivity contribution in [1.29, 1.82) is 0 Å². The van der Waals surface area contributed by atoms with Crippen LogP contribution in [0.15, 0.2) is 46.2 Å². The number of benzene rings is 2. The van der Waals surface area contributed by atoms with E-state index in [9.17, 15) is 13.2 Å².